The molecule has 168 valence electrons. The van der Waals surface area contributed by atoms with Gasteiger partial charge in [0.2, 0.25) is 0 Å². The first-order valence-electron chi connectivity index (χ1n) is 10.6. The molecule has 1 saturated heterocycles. The number of nitrogens with zero attached hydrogens (tertiary/aromatic N) is 2. The smallest absolute Gasteiger partial charge is 0.262 e. The fraction of sp³-hybridized carbons (Fsp3) is 0.292. The van der Waals surface area contributed by atoms with Gasteiger partial charge in [0, 0.05) is 43.3 Å². The van der Waals surface area contributed by atoms with Gasteiger partial charge in [-0.3, -0.25) is 9.71 Å². The van der Waals surface area contributed by atoms with Crippen molar-refractivity contribution < 1.29 is 13.2 Å². The van der Waals surface area contributed by atoms with Crippen molar-refractivity contribution in [2.24, 2.45) is 0 Å². The lowest BCUT2D eigenvalue weighted by Crippen LogP contribution is -2.54. The first-order valence-corrected chi connectivity index (χ1v) is 12.1. The van der Waals surface area contributed by atoms with Gasteiger partial charge in [-0.25, -0.2) is 8.42 Å². The summed E-state index contributed by atoms with van der Waals surface area (Å²) in [5.41, 5.74) is 3.20. The van der Waals surface area contributed by atoms with Crippen molar-refractivity contribution in [2.45, 2.75) is 30.8 Å². The van der Waals surface area contributed by atoms with Crippen LogP contribution < -0.4 is 19.7 Å². The summed E-state index contributed by atoms with van der Waals surface area (Å²) in [7, 11) is -2.26. The van der Waals surface area contributed by atoms with Crippen LogP contribution in [-0.4, -0.2) is 45.7 Å². The molecule has 4 rings (SSSR count). The van der Waals surface area contributed by atoms with Gasteiger partial charge in [0.1, 0.15) is 5.75 Å². The molecule has 3 aromatic rings. The van der Waals surface area contributed by atoms with Crippen LogP contribution in [0.15, 0.2) is 71.9 Å². The summed E-state index contributed by atoms with van der Waals surface area (Å²) in [6, 6.07) is 16.8. The molecule has 0 unspecified atom stereocenters. The predicted molar refractivity (Wildman–Crippen MR) is 128 cm³/mol. The summed E-state index contributed by atoms with van der Waals surface area (Å²) >= 11 is 0. The first kappa shape index (κ1) is 22.1. The quantitative estimate of drug-likeness (QED) is 0.593. The van der Waals surface area contributed by atoms with E-state index in [1.165, 1.54) is 7.11 Å². The predicted octanol–water partition coefficient (Wildman–Crippen LogP) is 3.74. The van der Waals surface area contributed by atoms with Gasteiger partial charge in [0.05, 0.1) is 17.7 Å². The maximum absolute atomic E-state index is 13.1. The number of sulfonamides is 1. The number of piperazine rings is 1. The van der Waals surface area contributed by atoms with E-state index >= 15 is 0 Å². The molecule has 0 aliphatic carbocycles. The third-order valence-electron chi connectivity index (χ3n) is 5.51. The second-order valence-corrected chi connectivity index (χ2v) is 9.81. The van der Waals surface area contributed by atoms with Gasteiger partial charge in [-0.1, -0.05) is 18.2 Å². The minimum absolute atomic E-state index is 0.182. The van der Waals surface area contributed by atoms with Gasteiger partial charge in [0.15, 0.2) is 0 Å². The average Bonchev–Trinajstić information content (AvgIpc) is 2.79. The zero-order valence-electron chi connectivity index (χ0n) is 18.4. The van der Waals surface area contributed by atoms with Gasteiger partial charge < -0.3 is 15.0 Å². The Hall–Kier alpha value is -3.10. The molecule has 2 aromatic carbocycles. The van der Waals surface area contributed by atoms with Crippen LogP contribution in [-0.2, 0) is 10.0 Å². The highest BCUT2D eigenvalue weighted by molar-refractivity contribution is 7.92. The Bertz CT molecular complexity index is 1160. The molecule has 2 atom stereocenters. The third kappa shape index (κ3) is 4.87. The number of hydrogen-bond acceptors (Lipinski definition) is 6. The van der Waals surface area contributed by atoms with Gasteiger partial charge in [-0.05, 0) is 61.4 Å². The Balaban J connectivity index is 1.59. The van der Waals surface area contributed by atoms with E-state index in [2.05, 4.69) is 33.8 Å². The van der Waals surface area contributed by atoms with Crippen LogP contribution in [0.5, 0.6) is 5.75 Å². The highest BCUT2D eigenvalue weighted by atomic mass is 32.2. The van der Waals surface area contributed by atoms with E-state index in [4.69, 9.17) is 4.74 Å². The summed E-state index contributed by atoms with van der Waals surface area (Å²) in [4.78, 5) is 6.55. The summed E-state index contributed by atoms with van der Waals surface area (Å²) in [5.74, 6) is 0.473. The minimum Gasteiger partial charge on any atom is -0.495 e. The van der Waals surface area contributed by atoms with Gasteiger partial charge in [-0.15, -0.1) is 0 Å². The van der Waals surface area contributed by atoms with Crippen LogP contribution in [0.4, 0.5) is 11.4 Å². The van der Waals surface area contributed by atoms with Crippen LogP contribution in [0.25, 0.3) is 11.1 Å². The molecule has 32 heavy (non-hydrogen) atoms. The molecule has 1 aromatic heterocycles. The second kappa shape index (κ2) is 9.18. The lowest BCUT2D eigenvalue weighted by atomic mass is 10.1. The number of benzene rings is 2. The average molecular weight is 453 g/mol. The van der Waals surface area contributed by atoms with E-state index in [1.54, 1.807) is 42.7 Å². The van der Waals surface area contributed by atoms with Crippen molar-refractivity contribution in [3.05, 3.63) is 67.0 Å². The lowest BCUT2D eigenvalue weighted by molar-refractivity contribution is 0.406. The summed E-state index contributed by atoms with van der Waals surface area (Å²) < 4.78 is 34.3. The van der Waals surface area contributed by atoms with Crippen LogP contribution in [0.2, 0.25) is 0 Å². The number of anilines is 2. The van der Waals surface area contributed by atoms with Crippen LogP contribution >= 0.6 is 0 Å². The maximum atomic E-state index is 13.1. The number of pyridine rings is 1. The second-order valence-electron chi connectivity index (χ2n) is 8.13. The molecule has 0 spiro atoms. The normalized spacial score (nSPS) is 18.9. The number of rotatable bonds is 6. The zero-order valence-corrected chi connectivity index (χ0v) is 19.3. The third-order valence-corrected chi connectivity index (χ3v) is 6.89. The van der Waals surface area contributed by atoms with E-state index in [0.717, 1.165) is 29.9 Å². The largest absolute Gasteiger partial charge is 0.495 e. The van der Waals surface area contributed by atoms with E-state index in [1.807, 2.05) is 24.3 Å². The molecule has 0 bridgehead atoms. The van der Waals surface area contributed by atoms with Gasteiger partial charge >= 0.3 is 0 Å². The molecule has 2 N–H and O–H groups in total. The highest BCUT2D eigenvalue weighted by Gasteiger charge is 2.23. The topological polar surface area (TPSA) is 83.6 Å². The van der Waals surface area contributed by atoms with Gasteiger partial charge in [-0.2, -0.15) is 0 Å². The SMILES string of the molecule is COc1ccc(N2C[C@@H](C)N[C@@H](C)C2)cc1NS(=O)(=O)c1ccc(-c2cccnc2)cc1. The highest BCUT2D eigenvalue weighted by Crippen LogP contribution is 2.32. The molecular weight excluding hydrogens is 424 g/mol. The van der Waals surface area contributed by atoms with Crippen molar-refractivity contribution in [1.29, 1.82) is 0 Å². The number of methoxy groups -OCH3 is 1. The van der Waals surface area contributed by atoms with Crippen molar-refractivity contribution in [3.63, 3.8) is 0 Å². The fourth-order valence-corrected chi connectivity index (χ4v) is 5.14. The standard InChI is InChI=1S/C24H28N4O3S/c1-17-15-28(16-18(2)26-17)21-8-11-24(31-3)23(13-21)27-32(29,30)22-9-6-19(7-10-22)20-5-4-12-25-14-20/h4-14,17-18,26-27H,15-16H2,1-3H3/t17-,18+. The number of ether oxygens (including phenoxy) is 1. The molecule has 1 aliphatic heterocycles. The first-order chi connectivity index (χ1) is 15.4. The maximum Gasteiger partial charge on any atom is 0.262 e. The number of nitrogens with one attached hydrogen (secondary N) is 2. The fourth-order valence-electron chi connectivity index (χ4n) is 4.07. The Labute approximate surface area is 189 Å². The summed E-state index contributed by atoms with van der Waals surface area (Å²) in [6.45, 7) is 5.98. The lowest BCUT2D eigenvalue weighted by Gasteiger charge is -2.38. The Kier molecular flexibility index (Phi) is 6.34. The molecular formula is C24H28N4O3S. The zero-order chi connectivity index (χ0) is 22.7. The molecule has 1 fully saturated rings. The Morgan fingerprint density at radius 3 is 2.38 bits per heavy atom. The van der Waals surface area contributed by atoms with Gasteiger partial charge in [0.25, 0.3) is 10.0 Å². The Morgan fingerprint density at radius 1 is 1.03 bits per heavy atom. The molecule has 0 radical (unpaired) electrons. The van der Waals surface area contributed by atoms with E-state index < -0.39 is 10.0 Å². The molecule has 0 amide bonds. The monoisotopic (exact) mass is 452 g/mol. The van der Waals surface area contributed by atoms with Crippen molar-refractivity contribution >= 4 is 21.4 Å². The number of hydrogen-bond donors (Lipinski definition) is 2. The number of aromatic nitrogens is 1. The minimum atomic E-state index is -3.79. The van der Waals surface area contributed by atoms with Crippen molar-refractivity contribution in [2.75, 3.05) is 29.8 Å². The van der Waals surface area contributed by atoms with E-state index in [0.29, 0.717) is 23.5 Å². The van der Waals surface area contributed by atoms with E-state index in [9.17, 15) is 8.42 Å². The molecule has 2 heterocycles. The molecule has 0 saturated carbocycles. The summed E-state index contributed by atoms with van der Waals surface area (Å²) in [5, 5.41) is 3.51. The molecule has 7 nitrogen and oxygen atoms in total. The Morgan fingerprint density at radius 2 is 1.75 bits per heavy atom. The van der Waals surface area contributed by atoms with Crippen LogP contribution in [0.3, 0.4) is 0 Å². The molecule has 1 aliphatic rings. The van der Waals surface area contributed by atoms with E-state index in [-0.39, 0.29) is 4.90 Å². The molecule has 8 heteroatoms. The summed E-state index contributed by atoms with van der Waals surface area (Å²) in [6.07, 6.45) is 3.45. The van der Waals surface area contributed by atoms with Crippen molar-refractivity contribution in [3.8, 4) is 16.9 Å². The van der Waals surface area contributed by atoms with Crippen molar-refractivity contribution in [1.82, 2.24) is 10.3 Å². The van der Waals surface area contributed by atoms with Crippen LogP contribution in [0, 0.1) is 0 Å². The van der Waals surface area contributed by atoms with Crippen LogP contribution in [0.1, 0.15) is 13.8 Å².